The molecule has 0 bridgehead atoms. The quantitative estimate of drug-likeness (QED) is 0.682. The van der Waals surface area contributed by atoms with E-state index in [4.69, 9.17) is 11.6 Å². The van der Waals surface area contributed by atoms with Crippen molar-refractivity contribution < 1.29 is 4.79 Å². The second-order valence-corrected chi connectivity index (χ2v) is 7.25. The van der Waals surface area contributed by atoms with E-state index in [0.717, 1.165) is 16.1 Å². The Kier molecular flexibility index (Phi) is 7.16. The summed E-state index contributed by atoms with van der Waals surface area (Å²) < 4.78 is 0. The number of hydrogen-bond acceptors (Lipinski definition) is 3. The lowest BCUT2D eigenvalue weighted by Gasteiger charge is -2.23. The van der Waals surface area contributed by atoms with Crippen molar-refractivity contribution in [1.29, 1.82) is 0 Å². The largest absolute Gasteiger partial charge is 0.325 e. The van der Waals surface area contributed by atoms with Crippen LogP contribution in [0.2, 0.25) is 5.02 Å². The van der Waals surface area contributed by atoms with Gasteiger partial charge in [0.05, 0.1) is 6.54 Å². The predicted octanol–water partition coefficient (Wildman–Crippen LogP) is 4.99. The fourth-order valence-corrected chi connectivity index (χ4v) is 3.10. The Bertz CT molecular complexity index is 673. The molecule has 0 spiro atoms. The van der Waals surface area contributed by atoms with Crippen molar-refractivity contribution >= 4 is 35.0 Å². The van der Waals surface area contributed by atoms with Crippen molar-refractivity contribution in [2.45, 2.75) is 24.8 Å². The van der Waals surface area contributed by atoms with Crippen molar-refractivity contribution in [3.05, 3.63) is 59.1 Å². The molecule has 24 heavy (non-hydrogen) atoms. The molecule has 1 unspecified atom stereocenters. The number of carbonyl (C=O) groups is 1. The van der Waals surface area contributed by atoms with E-state index in [1.807, 2.05) is 54.8 Å². The first kappa shape index (κ1) is 18.8. The summed E-state index contributed by atoms with van der Waals surface area (Å²) >= 11 is 7.61. The van der Waals surface area contributed by atoms with Crippen LogP contribution < -0.4 is 10.6 Å². The molecule has 3 nitrogen and oxygen atoms in total. The number of rotatable bonds is 7. The van der Waals surface area contributed by atoms with Gasteiger partial charge in [0.25, 0.3) is 0 Å². The molecule has 0 aliphatic rings. The van der Waals surface area contributed by atoms with Crippen LogP contribution in [0.25, 0.3) is 0 Å². The van der Waals surface area contributed by atoms with Crippen molar-refractivity contribution in [3.8, 4) is 0 Å². The fourth-order valence-electron chi connectivity index (χ4n) is 2.52. The SMILES string of the molecule is CSc1cccc(NC(=O)CNC(c2ccc(Cl)cc2)C(C)C)c1. The van der Waals surface area contributed by atoms with Crippen LogP contribution in [0.5, 0.6) is 0 Å². The van der Waals surface area contributed by atoms with Crippen molar-refractivity contribution in [3.63, 3.8) is 0 Å². The van der Waals surface area contributed by atoms with E-state index in [1.165, 1.54) is 0 Å². The van der Waals surface area contributed by atoms with Gasteiger partial charge in [-0.2, -0.15) is 0 Å². The highest BCUT2D eigenvalue weighted by atomic mass is 35.5. The maximum absolute atomic E-state index is 12.2. The zero-order chi connectivity index (χ0) is 17.5. The monoisotopic (exact) mass is 362 g/mol. The molecule has 2 rings (SSSR count). The topological polar surface area (TPSA) is 41.1 Å². The molecule has 0 heterocycles. The summed E-state index contributed by atoms with van der Waals surface area (Å²) in [5.74, 6) is 0.312. The summed E-state index contributed by atoms with van der Waals surface area (Å²) in [4.78, 5) is 13.3. The van der Waals surface area contributed by atoms with Gasteiger partial charge in [-0.15, -0.1) is 11.8 Å². The van der Waals surface area contributed by atoms with E-state index in [9.17, 15) is 4.79 Å². The van der Waals surface area contributed by atoms with Gasteiger partial charge in [-0.1, -0.05) is 43.6 Å². The lowest BCUT2D eigenvalue weighted by atomic mass is 9.96. The molecule has 0 radical (unpaired) electrons. The summed E-state index contributed by atoms with van der Waals surface area (Å²) in [6.07, 6.45) is 2.02. The standard InChI is InChI=1S/C19H23ClN2OS/c1-13(2)19(14-7-9-15(20)10-8-14)21-12-18(23)22-16-5-4-6-17(11-16)24-3/h4-11,13,19,21H,12H2,1-3H3,(H,22,23). The Labute approximate surface area is 153 Å². The van der Waals surface area contributed by atoms with Gasteiger partial charge >= 0.3 is 0 Å². The van der Waals surface area contributed by atoms with Crippen LogP contribution in [0.3, 0.4) is 0 Å². The lowest BCUT2D eigenvalue weighted by Crippen LogP contribution is -2.33. The van der Waals surface area contributed by atoms with Crippen LogP contribution in [0.1, 0.15) is 25.5 Å². The third kappa shape index (κ3) is 5.55. The number of benzene rings is 2. The predicted molar refractivity (Wildman–Crippen MR) is 104 cm³/mol. The first-order valence-corrected chi connectivity index (χ1v) is 9.52. The van der Waals surface area contributed by atoms with E-state index in [2.05, 4.69) is 24.5 Å². The van der Waals surface area contributed by atoms with Crippen molar-refractivity contribution in [2.24, 2.45) is 5.92 Å². The maximum atomic E-state index is 12.2. The number of hydrogen-bond donors (Lipinski definition) is 2. The minimum Gasteiger partial charge on any atom is -0.325 e. The van der Waals surface area contributed by atoms with Gasteiger partial charge < -0.3 is 10.6 Å². The maximum Gasteiger partial charge on any atom is 0.238 e. The van der Waals surface area contributed by atoms with Crippen LogP contribution in [0, 0.1) is 5.92 Å². The van der Waals surface area contributed by atoms with Gasteiger partial charge in [0.1, 0.15) is 0 Å². The number of thioether (sulfide) groups is 1. The van der Waals surface area contributed by atoms with Gasteiger partial charge in [-0.05, 0) is 48.1 Å². The van der Waals surface area contributed by atoms with E-state index in [1.54, 1.807) is 11.8 Å². The van der Waals surface area contributed by atoms with Gasteiger partial charge in [0.2, 0.25) is 5.91 Å². The van der Waals surface area contributed by atoms with Crippen LogP contribution in [0.15, 0.2) is 53.4 Å². The smallest absolute Gasteiger partial charge is 0.238 e. The third-order valence-electron chi connectivity index (χ3n) is 3.73. The number of halogens is 1. The lowest BCUT2D eigenvalue weighted by molar-refractivity contribution is -0.115. The number of anilines is 1. The minimum atomic E-state index is -0.0483. The van der Waals surface area contributed by atoms with Crippen molar-refractivity contribution in [1.82, 2.24) is 5.32 Å². The van der Waals surface area contributed by atoms with E-state index in [-0.39, 0.29) is 18.5 Å². The van der Waals surface area contributed by atoms with Crippen LogP contribution >= 0.6 is 23.4 Å². The molecule has 128 valence electrons. The van der Waals surface area contributed by atoms with Gasteiger partial charge in [-0.25, -0.2) is 0 Å². The third-order valence-corrected chi connectivity index (χ3v) is 4.71. The second kappa shape index (κ2) is 9.11. The van der Waals surface area contributed by atoms with E-state index < -0.39 is 0 Å². The molecule has 2 aromatic rings. The van der Waals surface area contributed by atoms with Crippen LogP contribution in [-0.2, 0) is 4.79 Å². The summed E-state index contributed by atoms with van der Waals surface area (Å²) in [5.41, 5.74) is 1.95. The molecule has 2 N–H and O–H groups in total. The molecule has 0 aliphatic carbocycles. The number of nitrogens with one attached hydrogen (secondary N) is 2. The first-order valence-electron chi connectivity index (χ1n) is 7.92. The summed E-state index contributed by atoms with van der Waals surface area (Å²) in [6.45, 7) is 4.52. The van der Waals surface area contributed by atoms with Crippen LogP contribution in [-0.4, -0.2) is 18.7 Å². The van der Waals surface area contributed by atoms with Gasteiger partial charge in [-0.3, -0.25) is 4.79 Å². The Hall–Kier alpha value is -1.49. The summed E-state index contributed by atoms with van der Waals surface area (Å²) in [6, 6.07) is 15.7. The molecular weight excluding hydrogens is 340 g/mol. The average Bonchev–Trinajstić information content (AvgIpc) is 2.56. The van der Waals surface area contributed by atoms with E-state index >= 15 is 0 Å². The highest BCUT2D eigenvalue weighted by Crippen LogP contribution is 2.23. The molecule has 2 aromatic carbocycles. The first-order chi connectivity index (χ1) is 11.5. The molecular formula is C19H23ClN2OS. The fraction of sp³-hybridized carbons (Fsp3) is 0.316. The minimum absolute atomic E-state index is 0.0483. The Morgan fingerprint density at radius 1 is 1.17 bits per heavy atom. The zero-order valence-electron chi connectivity index (χ0n) is 14.2. The zero-order valence-corrected chi connectivity index (χ0v) is 15.7. The molecule has 5 heteroatoms. The summed E-state index contributed by atoms with van der Waals surface area (Å²) in [7, 11) is 0. The Balaban J connectivity index is 1.96. The molecule has 0 saturated heterocycles. The molecule has 0 saturated carbocycles. The highest BCUT2D eigenvalue weighted by Gasteiger charge is 2.16. The Morgan fingerprint density at radius 3 is 2.50 bits per heavy atom. The summed E-state index contributed by atoms with van der Waals surface area (Å²) in [5, 5.41) is 6.99. The van der Waals surface area contributed by atoms with Gasteiger partial charge in [0.15, 0.2) is 0 Å². The molecule has 0 aliphatic heterocycles. The molecule has 0 fully saturated rings. The van der Waals surface area contributed by atoms with Crippen molar-refractivity contribution in [2.75, 3.05) is 18.1 Å². The molecule has 1 amide bonds. The van der Waals surface area contributed by atoms with Gasteiger partial charge in [0, 0.05) is 21.6 Å². The van der Waals surface area contributed by atoms with Crippen LogP contribution in [0.4, 0.5) is 5.69 Å². The number of amides is 1. The highest BCUT2D eigenvalue weighted by molar-refractivity contribution is 7.98. The Morgan fingerprint density at radius 2 is 1.88 bits per heavy atom. The normalized spacial score (nSPS) is 12.2. The number of carbonyl (C=O) groups excluding carboxylic acids is 1. The molecule has 0 aromatic heterocycles. The average molecular weight is 363 g/mol. The van der Waals surface area contributed by atoms with E-state index in [0.29, 0.717) is 10.9 Å². The second-order valence-electron chi connectivity index (χ2n) is 5.93. The molecule has 1 atom stereocenters.